The number of anilines is 1. The molecule has 9 heteroatoms. The number of hydrogen-bond acceptors (Lipinski definition) is 4. The molecule has 2 aromatic carbocycles. The van der Waals surface area contributed by atoms with E-state index in [0.29, 0.717) is 11.3 Å². The molecule has 3 aliphatic heterocycles. The molecule has 0 bridgehead atoms. The Morgan fingerprint density at radius 3 is 2.41 bits per heavy atom. The highest BCUT2D eigenvalue weighted by Crippen LogP contribution is 2.45. The Balaban J connectivity index is 1.62. The maximum absolute atomic E-state index is 13.1. The summed E-state index contributed by atoms with van der Waals surface area (Å²) in [5.74, 6) is -2.18. The fraction of sp³-hybridized carbons (Fsp3) is 0.200. The number of imide groups is 1. The van der Waals surface area contributed by atoms with E-state index in [2.05, 4.69) is 21.3 Å². The second-order valence-corrected chi connectivity index (χ2v) is 7.24. The van der Waals surface area contributed by atoms with Gasteiger partial charge in [0.25, 0.3) is 5.91 Å². The molecule has 0 aromatic heterocycles. The molecule has 4 N–H and O–H groups in total. The fourth-order valence-corrected chi connectivity index (χ4v) is 4.39. The van der Waals surface area contributed by atoms with Crippen LogP contribution in [0.25, 0.3) is 0 Å². The molecule has 146 valence electrons. The highest BCUT2D eigenvalue weighted by atomic mass is 16.2. The van der Waals surface area contributed by atoms with Gasteiger partial charge in [0, 0.05) is 17.8 Å². The highest BCUT2D eigenvalue weighted by Gasteiger charge is 2.64. The second-order valence-electron chi connectivity index (χ2n) is 7.24. The van der Waals surface area contributed by atoms with E-state index in [0.717, 1.165) is 5.56 Å². The van der Waals surface area contributed by atoms with Gasteiger partial charge in [-0.25, -0.2) is 9.59 Å². The van der Waals surface area contributed by atoms with Crippen LogP contribution in [0.1, 0.15) is 11.1 Å². The molecule has 2 aromatic rings. The van der Waals surface area contributed by atoms with Gasteiger partial charge in [-0.1, -0.05) is 48.5 Å². The lowest BCUT2D eigenvalue weighted by atomic mass is 9.74. The Labute approximate surface area is 165 Å². The zero-order valence-electron chi connectivity index (χ0n) is 15.1. The van der Waals surface area contributed by atoms with Crippen molar-refractivity contribution in [1.82, 2.24) is 20.9 Å². The zero-order chi connectivity index (χ0) is 20.2. The monoisotopic (exact) mass is 391 g/mol. The largest absolute Gasteiger partial charge is 0.326 e. The molecular weight excluding hydrogens is 374 g/mol. The summed E-state index contributed by atoms with van der Waals surface area (Å²) in [7, 11) is 0. The molecule has 3 atom stereocenters. The van der Waals surface area contributed by atoms with Crippen molar-refractivity contribution in [2.75, 3.05) is 5.32 Å². The second kappa shape index (κ2) is 6.06. The van der Waals surface area contributed by atoms with E-state index < -0.39 is 41.5 Å². The topological polar surface area (TPSA) is 120 Å². The molecule has 5 rings (SSSR count). The molecule has 0 radical (unpaired) electrons. The highest BCUT2D eigenvalue weighted by molar-refractivity contribution is 6.13. The maximum Gasteiger partial charge on any atom is 0.326 e. The van der Waals surface area contributed by atoms with E-state index in [-0.39, 0.29) is 6.54 Å². The summed E-state index contributed by atoms with van der Waals surface area (Å²) in [6.07, 6.45) is -0.984. The van der Waals surface area contributed by atoms with Gasteiger partial charge in [0.15, 0.2) is 5.54 Å². The van der Waals surface area contributed by atoms with Gasteiger partial charge in [-0.2, -0.15) is 0 Å². The van der Waals surface area contributed by atoms with Crippen LogP contribution in [0.5, 0.6) is 0 Å². The number of carbonyl (C=O) groups excluding carboxylic acids is 4. The van der Waals surface area contributed by atoms with Crippen molar-refractivity contribution >= 4 is 29.6 Å². The predicted octanol–water partition coefficient (Wildman–Crippen LogP) is 0.841. The van der Waals surface area contributed by atoms with Gasteiger partial charge in [0.1, 0.15) is 12.1 Å². The lowest BCUT2D eigenvalue weighted by Crippen LogP contribution is -2.78. The number of rotatable bonds is 2. The van der Waals surface area contributed by atoms with Crippen LogP contribution in [0.4, 0.5) is 15.3 Å². The molecule has 0 saturated carbocycles. The Morgan fingerprint density at radius 2 is 1.62 bits per heavy atom. The van der Waals surface area contributed by atoms with Crippen LogP contribution in [0.2, 0.25) is 0 Å². The standard InChI is InChI=1S/C20H17N5O4/c26-16-14-15(25(19(29)23-16)10-11-6-2-1-3-7-11)22-18(28)24-20(14)12-8-4-5-9-13(12)21-17(20)27/h1-9,14-15H,10H2,(H,21,27)(H2,22,24,28)(H,23,26,29). The third-order valence-corrected chi connectivity index (χ3v) is 5.64. The quantitative estimate of drug-likeness (QED) is 0.606. The number of amides is 6. The molecule has 2 fully saturated rings. The summed E-state index contributed by atoms with van der Waals surface area (Å²) < 4.78 is 0. The lowest BCUT2D eigenvalue weighted by molar-refractivity contribution is -0.141. The van der Waals surface area contributed by atoms with Gasteiger partial charge in [-0.05, 0) is 11.6 Å². The third-order valence-electron chi connectivity index (χ3n) is 5.64. The normalized spacial score (nSPS) is 27.5. The Morgan fingerprint density at radius 1 is 0.897 bits per heavy atom. The van der Waals surface area contributed by atoms with E-state index in [1.165, 1.54) is 4.90 Å². The van der Waals surface area contributed by atoms with Crippen LogP contribution in [-0.4, -0.2) is 34.9 Å². The number of hydrogen-bond donors (Lipinski definition) is 4. The van der Waals surface area contributed by atoms with Crippen LogP contribution < -0.4 is 21.3 Å². The molecule has 0 aliphatic carbocycles. The first-order chi connectivity index (χ1) is 14.0. The van der Waals surface area contributed by atoms with Crippen molar-refractivity contribution in [1.29, 1.82) is 0 Å². The molecule has 29 heavy (non-hydrogen) atoms. The summed E-state index contributed by atoms with van der Waals surface area (Å²) in [6.45, 7) is 0.167. The summed E-state index contributed by atoms with van der Waals surface area (Å²) in [6, 6.07) is 14.9. The van der Waals surface area contributed by atoms with Crippen LogP contribution in [-0.2, 0) is 21.7 Å². The third kappa shape index (κ3) is 2.40. The van der Waals surface area contributed by atoms with Gasteiger partial charge in [-0.3, -0.25) is 19.8 Å². The molecule has 3 heterocycles. The SMILES string of the molecule is O=C1NC2C(C(=O)NC(=O)N2Cc2ccccc2)C2(N1)C(=O)Nc1ccccc12. The van der Waals surface area contributed by atoms with Crippen molar-refractivity contribution in [3.8, 4) is 0 Å². The first-order valence-corrected chi connectivity index (χ1v) is 9.16. The smallest absolute Gasteiger partial charge is 0.323 e. The van der Waals surface area contributed by atoms with Gasteiger partial charge in [0.05, 0.1) is 0 Å². The van der Waals surface area contributed by atoms with E-state index in [9.17, 15) is 19.2 Å². The van der Waals surface area contributed by atoms with E-state index in [1.807, 2.05) is 30.3 Å². The molecular formula is C20H17N5O4. The van der Waals surface area contributed by atoms with E-state index in [4.69, 9.17) is 0 Å². The van der Waals surface area contributed by atoms with Crippen LogP contribution in [0.15, 0.2) is 54.6 Å². The molecule has 2 saturated heterocycles. The van der Waals surface area contributed by atoms with E-state index in [1.54, 1.807) is 24.3 Å². The minimum absolute atomic E-state index is 0.167. The number of para-hydroxylation sites is 1. The van der Waals surface area contributed by atoms with E-state index >= 15 is 0 Å². The van der Waals surface area contributed by atoms with Crippen molar-refractivity contribution in [3.63, 3.8) is 0 Å². The molecule has 1 spiro atoms. The predicted molar refractivity (Wildman–Crippen MR) is 101 cm³/mol. The van der Waals surface area contributed by atoms with Crippen LogP contribution in [0.3, 0.4) is 0 Å². The van der Waals surface area contributed by atoms with Crippen molar-refractivity contribution in [2.24, 2.45) is 5.92 Å². The molecule has 9 nitrogen and oxygen atoms in total. The van der Waals surface area contributed by atoms with Crippen molar-refractivity contribution in [3.05, 3.63) is 65.7 Å². The minimum Gasteiger partial charge on any atom is -0.323 e. The van der Waals surface area contributed by atoms with Crippen molar-refractivity contribution < 1.29 is 19.2 Å². The molecule has 6 amide bonds. The average molecular weight is 391 g/mol. The van der Waals surface area contributed by atoms with Gasteiger partial charge in [-0.15, -0.1) is 0 Å². The summed E-state index contributed by atoms with van der Waals surface area (Å²) in [5.41, 5.74) is 0.245. The zero-order valence-corrected chi connectivity index (χ0v) is 15.1. The minimum atomic E-state index is -1.61. The number of fused-ring (bicyclic) bond motifs is 4. The summed E-state index contributed by atoms with van der Waals surface area (Å²) in [4.78, 5) is 52.6. The van der Waals surface area contributed by atoms with Crippen LogP contribution in [0, 0.1) is 5.92 Å². The molecule has 3 unspecified atom stereocenters. The van der Waals surface area contributed by atoms with Crippen molar-refractivity contribution in [2.45, 2.75) is 18.2 Å². The summed E-state index contributed by atoms with van der Waals surface area (Å²) in [5, 5.41) is 10.4. The first kappa shape index (κ1) is 17.2. The Hall–Kier alpha value is -3.88. The number of carbonyl (C=O) groups is 4. The molecule has 3 aliphatic rings. The average Bonchev–Trinajstić information content (AvgIpc) is 2.97. The maximum atomic E-state index is 13.1. The van der Waals surface area contributed by atoms with Gasteiger partial charge in [0.2, 0.25) is 5.91 Å². The number of urea groups is 2. The Bertz CT molecular complexity index is 1060. The van der Waals surface area contributed by atoms with Crippen LogP contribution >= 0.6 is 0 Å². The Kier molecular flexibility index (Phi) is 3.60. The van der Waals surface area contributed by atoms with Gasteiger partial charge >= 0.3 is 12.1 Å². The van der Waals surface area contributed by atoms with Gasteiger partial charge < -0.3 is 16.0 Å². The summed E-state index contributed by atoms with van der Waals surface area (Å²) >= 11 is 0. The number of benzene rings is 2. The fourth-order valence-electron chi connectivity index (χ4n) is 4.39. The number of nitrogens with one attached hydrogen (secondary N) is 4. The number of nitrogens with zero attached hydrogens (tertiary/aromatic N) is 1. The lowest BCUT2D eigenvalue weighted by Gasteiger charge is -2.50. The first-order valence-electron chi connectivity index (χ1n) is 9.16.